The van der Waals surface area contributed by atoms with Crippen molar-refractivity contribution >= 4 is 33.7 Å². The fraction of sp³-hybridized carbons (Fsp3) is 0.158. The minimum atomic E-state index is -1.08. The van der Waals surface area contributed by atoms with Crippen molar-refractivity contribution < 1.29 is 24.5 Å². The summed E-state index contributed by atoms with van der Waals surface area (Å²) in [5, 5.41) is 20.9. The molecule has 0 spiro atoms. The highest BCUT2D eigenvalue weighted by molar-refractivity contribution is 9.10. The maximum absolute atomic E-state index is 12.3. The van der Waals surface area contributed by atoms with Crippen LogP contribution in [0.15, 0.2) is 65.2 Å². The second-order valence-electron chi connectivity index (χ2n) is 5.61. The number of carbonyl (C=O) groups excluding carboxylic acids is 1. The van der Waals surface area contributed by atoms with Gasteiger partial charge in [0.1, 0.15) is 11.9 Å². The van der Waals surface area contributed by atoms with Gasteiger partial charge in [0.25, 0.3) is 0 Å². The third-order valence-electron chi connectivity index (χ3n) is 3.57. The van der Waals surface area contributed by atoms with E-state index in [4.69, 9.17) is 9.84 Å². The molecule has 2 atom stereocenters. The first-order valence-electron chi connectivity index (χ1n) is 7.78. The third kappa shape index (κ3) is 5.93. The molecule has 136 valence electrons. The van der Waals surface area contributed by atoms with Crippen LogP contribution in [0, 0.1) is 5.92 Å². The molecule has 0 aliphatic rings. The zero-order chi connectivity index (χ0) is 19.1. The van der Waals surface area contributed by atoms with Gasteiger partial charge in [-0.05, 0) is 42.0 Å². The van der Waals surface area contributed by atoms with Crippen molar-refractivity contribution in [1.29, 1.82) is 0 Å². The van der Waals surface area contributed by atoms with Gasteiger partial charge >= 0.3 is 12.1 Å². The molecule has 0 fully saturated rings. The number of anilines is 1. The summed E-state index contributed by atoms with van der Waals surface area (Å²) in [6, 6.07) is 13.2. The van der Waals surface area contributed by atoms with E-state index >= 15 is 0 Å². The number of ether oxygens (including phenoxy) is 1. The van der Waals surface area contributed by atoms with Crippen LogP contribution in [0.3, 0.4) is 0 Å². The van der Waals surface area contributed by atoms with Crippen LogP contribution >= 0.6 is 15.9 Å². The zero-order valence-electron chi connectivity index (χ0n) is 13.9. The Morgan fingerprint density at radius 2 is 1.73 bits per heavy atom. The molecule has 2 aromatic rings. The van der Waals surface area contributed by atoms with E-state index in [1.54, 1.807) is 43.3 Å². The minimum Gasteiger partial charge on any atom is -0.508 e. The Hall–Kier alpha value is -2.80. The van der Waals surface area contributed by atoms with Crippen LogP contribution in [-0.4, -0.2) is 22.3 Å². The summed E-state index contributed by atoms with van der Waals surface area (Å²) < 4.78 is 6.40. The number of nitrogens with one attached hydrogen (secondary N) is 1. The van der Waals surface area contributed by atoms with Gasteiger partial charge in [-0.3, -0.25) is 5.32 Å². The molecule has 0 bridgehead atoms. The molecule has 0 heterocycles. The average Bonchev–Trinajstić information content (AvgIpc) is 2.60. The van der Waals surface area contributed by atoms with Crippen LogP contribution in [0.4, 0.5) is 10.5 Å². The Labute approximate surface area is 159 Å². The van der Waals surface area contributed by atoms with Crippen molar-refractivity contribution in [2.45, 2.75) is 13.0 Å². The highest BCUT2D eigenvalue weighted by Crippen LogP contribution is 2.29. The first-order chi connectivity index (χ1) is 12.3. The van der Waals surface area contributed by atoms with Crippen molar-refractivity contribution in [1.82, 2.24) is 0 Å². The van der Waals surface area contributed by atoms with E-state index in [2.05, 4.69) is 21.2 Å². The first kappa shape index (κ1) is 19.5. The predicted molar refractivity (Wildman–Crippen MR) is 101 cm³/mol. The monoisotopic (exact) mass is 419 g/mol. The molecule has 7 heteroatoms. The molecule has 0 aliphatic heterocycles. The highest BCUT2D eigenvalue weighted by Gasteiger charge is 2.22. The largest absolute Gasteiger partial charge is 0.508 e. The maximum Gasteiger partial charge on any atom is 0.412 e. The molecule has 0 aliphatic carbocycles. The van der Waals surface area contributed by atoms with Crippen molar-refractivity contribution in [2.75, 3.05) is 5.32 Å². The fourth-order valence-electron chi connectivity index (χ4n) is 2.27. The fourth-order valence-corrected chi connectivity index (χ4v) is 2.54. The van der Waals surface area contributed by atoms with Gasteiger partial charge in [-0.25, -0.2) is 9.59 Å². The van der Waals surface area contributed by atoms with Gasteiger partial charge in [0.15, 0.2) is 0 Å². The normalized spacial score (nSPS) is 13.2. The number of amides is 1. The van der Waals surface area contributed by atoms with E-state index in [-0.39, 0.29) is 5.75 Å². The molecule has 26 heavy (non-hydrogen) atoms. The van der Waals surface area contributed by atoms with Crippen molar-refractivity contribution in [3.05, 3.63) is 70.7 Å². The average molecular weight is 420 g/mol. The number of hydrogen-bond donors (Lipinski definition) is 3. The first-order valence-corrected chi connectivity index (χ1v) is 8.57. The van der Waals surface area contributed by atoms with Crippen LogP contribution in [0.25, 0.3) is 0 Å². The number of phenolic OH excluding ortho intramolecular Hbond substituents is 1. The van der Waals surface area contributed by atoms with Crippen molar-refractivity contribution in [2.24, 2.45) is 5.92 Å². The summed E-state index contributed by atoms with van der Waals surface area (Å²) in [4.78, 5) is 23.0. The van der Waals surface area contributed by atoms with Gasteiger partial charge in [0.2, 0.25) is 0 Å². The lowest BCUT2D eigenvalue weighted by molar-refractivity contribution is -0.131. The van der Waals surface area contributed by atoms with E-state index in [9.17, 15) is 14.7 Å². The van der Waals surface area contributed by atoms with Gasteiger partial charge in [0, 0.05) is 22.2 Å². The van der Waals surface area contributed by atoms with E-state index in [0.717, 1.165) is 10.5 Å². The minimum absolute atomic E-state index is 0.0838. The Morgan fingerprint density at radius 1 is 1.12 bits per heavy atom. The third-order valence-corrected chi connectivity index (χ3v) is 4.09. The molecular formula is C19H18BrNO5. The Bertz CT molecular complexity index is 787. The number of aromatic hydroxyl groups is 1. The number of halogens is 1. The Morgan fingerprint density at radius 3 is 2.31 bits per heavy atom. The topological polar surface area (TPSA) is 95.9 Å². The number of hydrogen-bond acceptors (Lipinski definition) is 4. The standard InChI is InChI=1S/C19H18BrNO5/c1-12(2-11-17(23)24)18(13-3-9-16(22)10-4-13)26-19(25)21-15-7-5-14(20)6-8-15/h2-12,18,22H,1H3,(H,21,25)(H,23,24)/b11-2+/t12-,18+/m0/s1. The smallest absolute Gasteiger partial charge is 0.412 e. The summed E-state index contributed by atoms with van der Waals surface area (Å²) in [5.74, 6) is -1.40. The Balaban J connectivity index is 2.16. The van der Waals surface area contributed by atoms with Crippen LogP contribution in [0.1, 0.15) is 18.6 Å². The number of rotatable bonds is 6. The van der Waals surface area contributed by atoms with Crippen molar-refractivity contribution in [3.8, 4) is 5.75 Å². The SMILES string of the molecule is C[C@@H](/C=C/C(=O)O)[C@@H](OC(=O)Nc1ccc(Br)cc1)c1ccc(O)cc1. The maximum atomic E-state index is 12.3. The van der Waals surface area contributed by atoms with Crippen molar-refractivity contribution in [3.63, 3.8) is 0 Å². The summed E-state index contributed by atoms with van der Waals surface area (Å²) in [7, 11) is 0. The van der Waals surface area contributed by atoms with Crippen LogP contribution in [-0.2, 0) is 9.53 Å². The number of aliphatic carboxylic acids is 1. The quantitative estimate of drug-likeness (QED) is 0.588. The lowest BCUT2D eigenvalue weighted by Crippen LogP contribution is -2.21. The van der Waals surface area contributed by atoms with E-state index in [1.165, 1.54) is 18.2 Å². The second kappa shape index (κ2) is 9.05. The molecule has 0 radical (unpaired) electrons. The molecule has 0 aromatic heterocycles. The molecule has 2 rings (SSSR count). The highest BCUT2D eigenvalue weighted by atomic mass is 79.9. The molecule has 2 aromatic carbocycles. The van der Waals surface area contributed by atoms with Crippen LogP contribution in [0.5, 0.6) is 5.75 Å². The molecule has 0 unspecified atom stereocenters. The lowest BCUT2D eigenvalue weighted by Gasteiger charge is -2.22. The van der Waals surface area contributed by atoms with Gasteiger partial charge < -0.3 is 14.9 Å². The van der Waals surface area contributed by atoms with Gasteiger partial charge in [-0.2, -0.15) is 0 Å². The number of carboxylic acids is 1. The number of carbonyl (C=O) groups is 2. The molecule has 0 saturated heterocycles. The molecule has 3 N–H and O–H groups in total. The lowest BCUT2D eigenvalue weighted by atomic mass is 9.96. The number of benzene rings is 2. The van der Waals surface area contributed by atoms with E-state index in [0.29, 0.717) is 11.3 Å². The van der Waals surface area contributed by atoms with Gasteiger partial charge in [0.05, 0.1) is 0 Å². The Kier molecular flexibility index (Phi) is 6.80. The summed E-state index contributed by atoms with van der Waals surface area (Å²) >= 11 is 3.32. The summed E-state index contributed by atoms with van der Waals surface area (Å²) in [6.45, 7) is 1.74. The van der Waals surface area contributed by atoms with Crippen LogP contribution in [0.2, 0.25) is 0 Å². The predicted octanol–water partition coefficient (Wildman–Crippen LogP) is 4.72. The molecule has 6 nitrogen and oxygen atoms in total. The number of phenols is 1. The van der Waals surface area contributed by atoms with Crippen LogP contribution < -0.4 is 5.32 Å². The second-order valence-corrected chi connectivity index (χ2v) is 6.52. The summed E-state index contributed by atoms with van der Waals surface area (Å²) in [5.41, 5.74) is 1.20. The van der Waals surface area contributed by atoms with E-state index < -0.39 is 24.1 Å². The van der Waals surface area contributed by atoms with Gasteiger partial charge in [-0.15, -0.1) is 0 Å². The zero-order valence-corrected chi connectivity index (χ0v) is 15.5. The summed E-state index contributed by atoms with van der Waals surface area (Å²) in [6.07, 6.45) is 1.07. The van der Waals surface area contributed by atoms with Gasteiger partial charge in [-0.1, -0.05) is 41.1 Å². The molecule has 1 amide bonds. The molecule has 0 saturated carbocycles. The number of carboxylic acid groups (broad SMARTS) is 1. The molecular weight excluding hydrogens is 402 g/mol. The van der Waals surface area contributed by atoms with E-state index in [1.807, 2.05) is 0 Å².